The van der Waals surface area contributed by atoms with Crippen molar-refractivity contribution in [3.63, 3.8) is 0 Å². The molecule has 0 saturated heterocycles. The van der Waals surface area contributed by atoms with E-state index < -0.39 is 11.9 Å². The third-order valence-corrected chi connectivity index (χ3v) is 2.70. The molecule has 0 aliphatic heterocycles. The van der Waals surface area contributed by atoms with E-state index in [-0.39, 0.29) is 12.3 Å². The molecule has 1 aromatic heterocycles. The number of nitriles is 1. The minimum absolute atomic E-state index is 0.225. The second-order valence-corrected chi connectivity index (χ2v) is 5.19. The van der Waals surface area contributed by atoms with Crippen LogP contribution in [0.1, 0.15) is 32.4 Å². The van der Waals surface area contributed by atoms with Crippen LogP contribution in [0.25, 0.3) is 0 Å². The standard InChI is InChI=1S/C11H14N4O2S/c1-4-17-10(16)8(5-12)9-6-13-15-11(14-9)18-7(2)3/h6-8H,4H2,1-3H3. The first kappa shape index (κ1) is 14.4. The number of aromatic nitrogens is 3. The van der Waals surface area contributed by atoms with Gasteiger partial charge in [-0.15, -0.1) is 5.10 Å². The van der Waals surface area contributed by atoms with Crippen molar-refractivity contribution in [3.05, 3.63) is 11.9 Å². The first-order chi connectivity index (χ1) is 8.58. The van der Waals surface area contributed by atoms with E-state index in [2.05, 4.69) is 15.2 Å². The molecule has 96 valence electrons. The summed E-state index contributed by atoms with van der Waals surface area (Å²) in [5, 5.41) is 17.3. The average molecular weight is 266 g/mol. The van der Waals surface area contributed by atoms with Crippen molar-refractivity contribution in [2.75, 3.05) is 6.61 Å². The minimum Gasteiger partial charge on any atom is -0.465 e. The first-order valence-electron chi connectivity index (χ1n) is 5.51. The van der Waals surface area contributed by atoms with Gasteiger partial charge in [0, 0.05) is 5.25 Å². The van der Waals surface area contributed by atoms with Crippen LogP contribution in [0.2, 0.25) is 0 Å². The van der Waals surface area contributed by atoms with Crippen LogP contribution in [-0.4, -0.2) is 33.0 Å². The van der Waals surface area contributed by atoms with Crippen molar-refractivity contribution in [1.82, 2.24) is 15.2 Å². The van der Waals surface area contributed by atoms with E-state index in [1.54, 1.807) is 6.92 Å². The molecule has 0 N–H and O–H groups in total. The van der Waals surface area contributed by atoms with Gasteiger partial charge in [-0.2, -0.15) is 10.4 Å². The number of hydrogen-bond donors (Lipinski definition) is 0. The van der Waals surface area contributed by atoms with Gasteiger partial charge in [0.1, 0.15) is 0 Å². The zero-order valence-electron chi connectivity index (χ0n) is 10.5. The molecule has 1 aromatic rings. The van der Waals surface area contributed by atoms with Gasteiger partial charge < -0.3 is 4.74 Å². The molecule has 0 spiro atoms. The highest BCUT2D eigenvalue weighted by atomic mass is 32.2. The second kappa shape index (κ2) is 6.91. The van der Waals surface area contributed by atoms with Crippen LogP contribution in [0.15, 0.2) is 11.4 Å². The summed E-state index contributed by atoms with van der Waals surface area (Å²) in [5.41, 5.74) is 0.272. The largest absolute Gasteiger partial charge is 0.465 e. The third-order valence-electron chi connectivity index (χ3n) is 1.85. The van der Waals surface area contributed by atoms with Gasteiger partial charge in [-0.3, -0.25) is 4.79 Å². The van der Waals surface area contributed by atoms with Crippen LogP contribution in [0, 0.1) is 11.3 Å². The number of rotatable bonds is 5. The van der Waals surface area contributed by atoms with Crippen LogP contribution in [0.5, 0.6) is 0 Å². The van der Waals surface area contributed by atoms with Gasteiger partial charge in [-0.1, -0.05) is 25.6 Å². The highest BCUT2D eigenvalue weighted by Crippen LogP contribution is 2.20. The summed E-state index contributed by atoms with van der Waals surface area (Å²) >= 11 is 1.42. The molecule has 1 heterocycles. The van der Waals surface area contributed by atoms with Crippen LogP contribution in [0.4, 0.5) is 0 Å². The predicted octanol–water partition coefficient (Wildman–Crippen LogP) is 1.54. The third kappa shape index (κ3) is 3.96. The predicted molar refractivity (Wildman–Crippen MR) is 65.8 cm³/mol. The fraction of sp³-hybridized carbons (Fsp3) is 0.545. The fourth-order valence-electron chi connectivity index (χ4n) is 1.16. The van der Waals surface area contributed by atoms with E-state index in [0.717, 1.165) is 0 Å². The SMILES string of the molecule is CCOC(=O)C(C#N)c1cnnc(SC(C)C)n1. The summed E-state index contributed by atoms with van der Waals surface area (Å²) in [6.07, 6.45) is 1.31. The quantitative estimate of drug-likeness (QED) is 0.590. The molecule has 0 fully saturated rings. The number of esters is 1. The number of nitrogens with zero attached hydrogens (tertiary/aromatic N) is 4. The molecule has 18 heavy (non-hydrogen) atoms. The Morgan fingerprint density at radius 2 is 2.33 bits per heavy atom. The minimum atomic E-state index is -1.05. The lowest BCUT2D eigenvalue weighted by Crippen LogP contribution is -2.16. The normalized spacial score (nSPS) is 11.9. The first-order valence-corrected chi connectivity index (χ1v) is 6.39. The molecule has 1 rings (SSSR count). The summed E-state index contributed by atoms with van der Waals surface area (Å²) in [5.74, 6) is -1.66. The van der Waals surface area contributed by atoms with Gasteiger partial charge in [0.2, 0.25) is 5.16 Å². The fourth-order valence-corrected chi connectivity index (χ4v) is 1.84. The van der Waals surface area contributed by atoms with E-state index in [4.69, 9.17) is 10.00 Å². The van der Waals surface area contributed by atoms with E-state index in [1.165, 1.54) is 18.0 Å². The Kier molecular flexibility index (Phi) is 5.52. The van der Waals surface area contributed by atoms with Gasteiger partial charge in [-0.05, 0) is 6.92 Å². The smallest absolute Gasteiger partial charge is 0.329 e. The van der Waals surface area contributed by atoms with Gasteiger partial charge in [0.15, 0.2) is 5.92 Å². The summed E-state index contributed by atoms with van der Waals surface area (Å²) in [4.78, 5) is 15.7. The Hall–Kier alpha value is -1.68. The lowest BCUT2D eigenvalue weighted by Gasteiger charge is -2.08. The van der Waals surface area contributed by atoms with E-state index in [1.807, 2.05) is 19.9 Å². The Labute approximate surface area is 110 Å². The van der Waals surface area contributed by atoms with E-state index in [9.17, 15) is 4.79 Å². The molecule has 7 heteroatoms. The van der Waals surface area contributed by atoms with Gasteiger partial charge in [0.05, 0.1) is 24.6 Å². The van der Waals surface area contributed by atoms with Crippen LogP contribution < -0.4 is 0 Å². The summed E-state index contributed by atoms with van der Waals surface area (Å²) < 4.78 is 4.81. The van der Waals surface area contributed by atoms with Crippen molar-refractivity contribution < 1.29 is 9.53 Å². The van der Waals surface area contributed by atoms with Crippen LogP contribution >= 0.6 is 11.8 Å². The molecule has 0 amide bonds. The van der Waals surface area contributed by atoms with E-state index >= 15 is 0 Å². The zero-order valence-corrected chi connectivity index (χ0v) is 11.3. The molecular formula is C11H14N4O2S. The molecule has 0 aromatic carbocycles. The molecular weight excluding hydrogens is 252 g/mol. The van der Waals surface area contributed by atoms with Crippen LogP contribution in [-0.2, 0) is 9.53 Å². The van der Waals surface area contributed by atoms with Gasteiger partial charge >= 0.3 is 5.97 Å². The molecule has 0 radical (unpaired) electrons. The maximum absolute atomic E-state index is 11.6. The van der Waals surface area contributed by atoms with Crippen molar-refractivity contribution in [2.24, 2.45) is 0 Å². The Morgan fingerprint density at radius 3 is 2.89 bits per heavy atom. The number of thioether (sulfide) groups is 1. The zero-order chi connectivity index (χ0) is 13.5. The van der Waals surface area contributed by atoms with Crippen LogP contribution in [0.3, 0.4) is 0 Å². The Morgan fingerprint density at radius 1 is 1.61 bits per heavy atom. The molecule has 0 saturated carbocycles. The number of hydrogen-bond acceptors (Lipinski definition) is 7. The summed E-state index contributed by atoms with van der Waals surface area (Å²) in [7, 11) is 0. The van der Waals surface area contributed by atoms with E-state index in [0.29, 0.717) is 10.4 Å². The lowest BCUT2D eigenvalue weighted by atomic mass is 10.1. The maximum Gasteiger partial charge on any atom is 0.329 e. The topological polar surface area (TPSA) is 88.8 Å². The Balaban J connectivity index is 2.93. The monoisotopic (exact) mass is 266 g/mol. The van der Waals surface area contributed by atoms with Crippen molar-refractivity contribution in [2.45, 2.75) is 37.1 Å². The average Bonchev–Trinajstić information content (AvgIpc) is 2.30. The molecule has 0 aliphatic rings. The molecule has 6 nitrogen and oxygen atoms in total. The number of carbonyl (C=O) groups excluding carboxylic acids is 1. The summed E-state index contributed by atoms with van der Waals surface area (Å²) in [6.45, 7) is 5.90. The highest BCUT2D eigenvalue weighted by Gasteiger charge is 2.24. The second-order valence-electron chi connectivity index (χ2n) is 3.64. The molecule has 0 bridgehead atoms. The highest BCUT2D eigenvalue weighted by molar-refractivity contribution is 7.99. The maximum atomic E-state index is 11.6. The Bertz CT molecular complexity index is 459. The van der Waals surface area contributed by atoms with Gasteiger partial charge in [0.25, 0.3) is 0 Å². The molecule has 0 aliphatic carbocycles. The van der Waals surface area contributed by atoms with Crippen molar-refractivity contribution in [1.29, 1.82) is 5.26 Å². The number of carbonyl (C=O) groups is 1. The molecule has 1 atom stereocenters. The number of ether oxygens (including phenoxy) is 1. The summed E-state index contributed by atoms with van der Waals surface area (Å²) in [6, 6.07) is 1.87. The van der Waals surface area contributed by atoms with Crippen molar-refractivity contribution in [3.8, 4) is 6.07 Å². The lowest BCUT2D eigenvalue weighted by molar-refractivity contribution is -0.143. The van der Waals surface area contributed by atoms with Crippen molar-refractivity contribution >= 4 is 17.7 Å². The molecule has 1 unspecified atom stereocenters. The van der Waals surface area contributed by atoms with Gasteiger partial charge in [-0.25, -0.2) is 4.98 Å².